The van der Waals surface area contributed by atoms with Gasteiger partial charge in [-0.2, -0.15) is 4.98 Å². The molecule has 3 aromatic rings. The number of ketones is 1. The lowest BCUT2D eigenvalue weighted by Gasteiger charge is -2.29. The fraction of sp³-hybridized carbons (Fsp3) is 0.500. The Morgan fingerprint density at radius 1 is 1.06 bits per heavy atom. The van der Waals surface area contributed by atoms with E-state index in [4.69, 9.17) is 4.98 Å². The molecular formula is C26H31N7O2. The second kappa shape index (κ2) is 8.71. The third-order valence-electron chi connectivity index (χ3n) is 8.11. The van der Waals surface area contributed by atoms with Crippen molar-refractivity contribution in [3.05, 3.63) is 46.0 Å². The van der Waals surface area contributed by atoms with Gasteiger partial charge in [-0.25, -0.2) is 9.97 Å². The van der Waals surface area contributed by atoms with Gasteiger partial charge in [0.25, 0.3) is 5.56 Å². The van der Waals surface area contributed by atoms with Gasteiger partial charge in [-0.15, -0.1) is 0 Å². The lowest BCUT2D eigenvalue weighted by Crippen LogP contribution is -2.43. The summed E-state index contributed by atoms with van der Waals surface area (Å²) in [7, 11) is 0. The summed E-state index contributed by atoms with van der Waals surface area (Å²) in [6.07, 6.45) is 8.12. The fourth-order valence-electron chi connectivity index (χ4n) is 6.40. The zero-order valence-corrected chi connectivity index (χ0v) is 20.3. The summed E-state index contributed by atoms with van der Waals surface area (Å²) in [5.41, 5.74) is 2.41. The van der Waals surface area contributed by atoms with Crippen molar-refractivity contribution in [2.75, 3.05) is 36.4 Å². The molecular weight excluding hydrogens is 442 g/mol. The van der Waals surface area contributed by atoms with Gasteiger partial charge in [-0.1, -0.05) is 0 Å². The summed E-state index contributed by atoms with van der Waals surface area (Å²) in [6, 6.07) is 4.08. The van der Waals surface area contributed by atoms with Crippen LogP contribution in [-0.2, 0) is 0 Å². The molecule has 4 heterocycles. The van der Waals surface area contributed by atoms with Gasteiger partial charge in [0, 0.05) is 43.8 Å². The highest BCUT2D eigenvalue weighted by molar-refractivity contribution is 5.99. The van der Waals surface area contributed by atoms with Crippen LogP contribution >= 0.6 is 0 Å². The Hall–Kier alpha value is -3.33. The van der Waals surface area contributed by atoms with Gasteiger partial charge in [0.05, 0.1) is 17.4 Å². The van der Waals surface area contributed by atoms with Crippen molar-refractivity contribution >= 4 is 34.3 Å². The third kappa shape index (κ3) is 3.78. The summed E-state index contributed by atoms with van der Waals surface area (Å²) < 4.78 is 1.82. The molecule has 1 saturated heterocycles. The number of Topliss-reactive ketones (excluding diaryl/α,β-unsaturated/α-hetero) is 1. The Balaban J connectivity index is 1.39. The van der Waals surface area contributed by atoms with Crippen LogP contribution in [0.4, 0.5) is 17.5 Å². The molecule has 0 spiro atoms. The van der Waals surface area contributed by atoms with Gasteiger partial charge in [0.15, 0.2) is 5.78 Å². The van der Waals surface area contributed by atoms with Gasteiger partial charge in [-0.3, -0.25) is 14.2 Å². The lowest BCUT2D eigenvalue weighted by molar-refractivity contribution is 0.101. The van der Waals surface area contributed by atoms with Crippen LogP contribution in [0.15, 0.2) is 29.3 Å². The average molecular weight is 474 g/mol. The van der Waals surface area contributed by atoms with E-state index in [9.17, 15) is 9.59 Å². The number of fused-ring (bicyclic) bond motifs is 3. The van der Waals surface area contributed by atoms with Crippen LogP contribution in [0.25, 0.3) is 11.0 Å². The third-order valence-corrected chi connectivity index (χ3v) is 8.11. The first-order valence-electron chi connectivity index (χ1n) is 12.6. The second-order valence-corrected chi connectivity index (χ2v) is 10.1. The van der Waals surface area contributed by atoms with Crippen molar-refractivity contribution in [3.63, 3.8) is 0 Å². The minimum absolute atomic E-state index is 0.0999. The number of carbonyl (C=O) groups excluding carboxylic acids is 1. The summed E-state index contributed by atoms with van der Waals surface area (Å²) in [6.45, 7) is 7.16. The maximum absolute atomic E-state index is 13.6. The SMILES string of the molecule is CC(=O)c1c(C)c2cnc(Nc3ccc(N4CCNCC4)cn3)nc2n(C2C3CCC2CC3)c1=O. The van der Waals surface area contributed by atoms with Crippen LogP contribution < -0.4 is 21.1 Å². The Morgan fingerprint density at radius 3 is 2.40 bits per heavy atom. The molecule has 2 bridgehead atoms. The molecule has 2 saturated carbocycles. The molecule has 2 N–H and O–H groups in total. The number of nitrogens with one attached hydrogen (secondary N) is 2. The number of nitrogens with zero attached hydrogens (tertiary/aromatic N) is 5. The molecule has 9 heteroatoms. The van der Waals surface area contributed by atoms with Gasteiger partial charge < -0.3 is 15.5 Å². The van der Waals surface area contributed by atoms with Crippen molar-refractivity contribution in [2.24, 2.45) is 11.8 Å². The molecule has 0 atom stereocenters. The molecule has 6 rings (SSSR count). The number of hydrogen-bond acceptors (Lipinski definition) is 8. The van der Waals surface area contributed by atoms with Crippen molar-refractivity contribution in [2.45, 2.75) is 45.6 Å². The Kier molecular flexibility index (Phi) is 5.51. The maximum atomic E-state index is 13.6. The predicted octanol–water partition coefficient (Wildman–Crippen LogP) is 3.21. The molecule has 3 aliphatic rings. The van der Waals surface area contributed by atoms with Crippen LogP contribution in [0.3, 0.4) is 0 Å². The van der Waals surface area contributed by atoms with E-state index in [1.54, 1.807) is 6.20 Å². The number of piperazine rings is 1. The minimum Gasteiger partial charge on any atom is -0.368 e. The van der Waals surface area contributed by atoms with E-state index in [2.05, 4.69) is 31.6 Å². The standard InChI is InChI=1S/C26H31N7O2/c1-15-20-14-29-26(30-21-8-7-19(13-28-21)32-11-9-27-10-12-32)31-24(20)33(25(35)22(15)16(2)34)23-17-3-4-18(23)6-5-17/h7-8,13-14,17-18,23,27H,3-6,9-12H2,1-2H3,(H,28,29,30,31). The van der Waals surface area contributed by atoms with E-state index in [0.29, 0.717) is 34.8 Å². The molecule has 3 fully saturated rings. The topological polar surface area (TPSA) is 105 Å². The first-order chi connectivity index (χ1) is 17.0. The number of hydrogen-bond donors (Lipinski definition) is 2. The average Bonchev–Trinajstić information content (AvgIpc) is 3.45. The van der Waals surface area contributed by atoms with Gasteiger partial charge in [0.2, 0.25) is 5.95 Å². The van der Waals surface area contributed by atoms with Crippen LogP contribution in [0.5, 0.6) is 0 Å². The van der Waals surface area contributed by atoms with E-state index >= 15 is 0 Å². The van der Waals surface area contributed by atoms with Gasteiger partial charge >= 0.3 is 0 Å². The van der Waals surface area contributed by atoms with E-state index in [-0.39, 0.29) is 22.9 Å². The molecule has 0 amide bonds. The summed E-state index contributed by atoms with van der Waals surface area (Å²) in [5.74, 6) is 1.77. The number of aryl methyl sites for hydroxylation is 1. The monoisotopic (exact) mass is 473 g/mol. The van der Waals surface area contributed by atoms with E-state index in [1.165, 1.54) is 6.92 Å². The van der Waals surface area contributed by atoms with Crippen LogP contribution in [0.1, 0.15) is 54.6 Å². The fourth-order valence-corrected chi connectivity index (χ4v) is 6.40. The van der Waals surface area contributed by atoms with Gasteiger partial charge in [-0.05, 0) is 69.1 Å². The molecule has 3 aromatic heterocycles. The van der Waals surface area contributed by atoms with Gasteiger partial charge in [0.1, 0.15) is 11.5 Å². The molecule has 1 aliphatic heterocycles. The molecule has 9 nitrogen and oxygen atoms in total. The molecule has 2 aliphatic carbocycles. The molecule has 35 heavy (non-hydrogen) atoms. The quantitative estimate of drug-likeness (QED) is 0.545. The Labute approximate surface area is 204 Å². The molecule has 0 radical (unpaired) electrons. The lowest BCUT2D eigenvalue weighted by atomic mass is 10.0. The minimum atomic E-state index is -0.213. The van der Waals surface area contributed by atoms with E-state index in [0.717, 1.165) is 62.9 Å². The van der Waals surface area contributed by atoms with Crippen molar-refractivity contribution < 1.29 is 4.79 Å². The summed E-state index contributed by atoms with van der Waals surface area (Å²) in [4.78, 5) is 42.3. The number of anilines is 3. The highest BCUT2D eigenvalue weighted by Gasteiger charge is 2.44. The predicted molar refractivity (Wildman–Crippen MR) is 136 cm³/mol. The Bertz CT molecular complexity index is 1320. The number of pyridine rings is 2. The van der Waals surface area contributed by atoms with Crippen molar-refractivity contribution in [1.29, 1.82) is 0 Å². The summed E-state index contributed by atoms with van der Waals surface area (Å²) in [5, 5.41) is 7.33. The zero-order chi connectivity index (χ0) is 24.1. The van der Waals surface area contributed by atoms with E-state index < -0.39 is 0 Å². The number of aromatic nitrogens is 4. The second-order valence-electron chi connectivity index (χ2n) is 10.1. The van der Waals surface area contributed by atoms with Crippen LogP contribution in [-0.4, -0.2) is 51.5 Å². The molecule has 182 valence electrons. The largest absolute Gasteiger partial charge is 0.368 e. The number of carbonyl (C=O) groups is 1. The van der Waals surface area contributed by atoms with Crippen LogP contribution in [0.2, 0.25) is 0 Å². The first kappa shape index (κ1) is 22.2. The normalized spacial score (nSPS) is 23.7. The highest BCUT2D eigenvalue weighted by atomic mass is 16.1. The van der Waals surface area contributed by atoms with Crippen molar-refractivity contribution in [1.82, 2.24) is 24.8 Å². The first-order valence-corrected chi connectivity index (χ1v) is 12.6. The number of rotatable bonds is 5. The Morgan fingerprint density at radius 2 is 1.77 bits per heavy atom. The van der Waals surface area contributed by atoms with E-state index in [1.807, 2.05) is 23.8 Å². The maximum Gasteiger partial charge on any atom is 0.263 e. The molecule has 0 aromatic carbocycles. The smallest absolute Gasteiger partial charge is 0.263 e. The van der Waals surface area contributed by atoms with Crippen LogP contribution in [0, 0.1) is 18.8 Å². The zero-order valence-electron chi connectivity index (χ0n) is 20.3. The highest BCUT2D eigenvalue weighted by Crippen LogP contribution is 2.52. The van der Waals surface area contributed by atoms with Crippen molar-refractivity contribution in [3.8, 4) is 0 Å². The molecule has 0 unspecified atom stereocenters. The summed E-state index contributed by atoms with van der Waals surface area (Å²) >= 11 is 0.